The predicted molar refractivity (Wildman–Crippen MR) is 142 cm³/mol. The van der Waals surface area contributed by atoms with Crippen LogP contribution in [0.25, 0.3) is 0 Å². The largest absolute Gasteiger partial charge is 0.465 e. The zero-order valence-electron chi connectivity index (χ0n) is 20.2. The van der Waals surface area contributed by atoms with Crippen molar-refractivity contribution in [2.75, 3.05) is 6.61 Å². The molecule has 3 aromatic carbocycles. The minimum absolute atomic E-state index is 0.0216. The number of aliphatic imine (C=N–C) groups is 1. The van der Waals surface area contributed by atoms with Gasteiger partial charge in [-0.2, -0.15) is 0 Å². The standard InChI is InChI=1S/C31H28ClNO3/c1-20-28(31(35)36-17-16-21-10-4-2-5-11-21)29(24-14-8-9-15-25(24)32)30-26(33-20)18-23(19-27(30)34)22-12-6-3-7-13-22/h2-15,23,28-29H,16-19H2,1H3/t23-,28?,29+/m1/s1. The fourth-order valence-corrected chi connectivity index (χ4v) is 5.65. The Labute approximate surface area is 216 Å². The van der Waals surface area contributed by atoms with Gasteiger partial charge < -0.3 is 4.74 Å². The fourth-order valence-electron chi connectivity index (χ4n) is 5.39. The van der Waals surface area contributed by atoms with Crippen LogP contribution in [0.4, 0.5) is 0 Å². The molecule has 1 aliphatic heterocycles. The van der Waals surface area contributed by atoms with E-state index in [0.717, 1.165) is 22.4 Å². The number of nitrogens with zero attached hydrogens (tertiary/aromatic N) is 1. The Morgan fingerprint density at radius 3 is 2.33 bits per heavy atom. The highest BCUT2D eigenvalue weighted by Crippen LogP contribution is 2.48. The molecule has 3 atom stereocenters. The Bertz CT molecular complexity index is 1330. The second kappa shape index (κ2) is 10.6. The van der Waals surface area contributed by atoms with Gasteiger partial charge in [-0.05, 0) is 42.0 Å². The smallest absolute Gasteiger partial charge is 0.315 e. The lowest BCUT2D eigenvalue weighted by molar-refractivity contribution is -0.146. The molecule has 0 fully saturated rings. The molecule has 3 aromatic rings. The number of allylic oxidation sites excluding steroid dienone is 2. The first-order valence-corrected chi connectivity index (χ1v) is 12.7. The zero-order valence-corrected chi connectivity index (χ0v) is 20.9. The number of carbonyl (C=O) groups excluding carboxylic acids is 2. The molecule has 36 heavy (non-hydrogen) atoms. The summed E-state index contributed by atoms with van der Waals surface area (Å²) >= 11 is 6.64. The molecule has 1 unspecified atom stereocenters. The highest BCUT2D eigenvalue weighted by Gasteiger charge is 2.45. The van der Waals surface area contributed by atoms with E-state index in [-0.39, 0.29) is 24.3 Å². The van der Waals surface area contributed by atoms with Crippen LogP contribution < -0.4 is 0 Å². The highest BCUT2D eigenvalue weighted by molar-refractivity contribution is 6.31. The van der Waals surface area contributed by atoms with Crippen molar-refractivity contribution < 1.29 is 14.3 Å². The summed E-state index contributed by atoms with van der Waals surface area (Å²) in [5.74, 6) is -1.50. The molecule has 1 aliphatic carbocycles. The maximum Gasteiger partial charge on any atom is 0.315 e. The third-order valence-electron chi connectivity index (χ3n) is 7.13. The Balaban J connectivity index is 1.47. The van der Waals surface area contributed by atoms with Gasteiger partial charge in [0, 0.05) is 40.8 Å². The van der Waals surface area contributed by atoms with Crippen LogP contribution in [-0.4, -0.2) is 24.1 Å². The van der Waals surface area contributed by atoms with Crippen molar-refractivity contribution in [3.8, 4) is 0 Å². The second-order valence-electron chi connectivity index (χ2n) is 9.43. The van der Waals surface area contributed by atoms with E-state index in [1.165, 1.54) is 0 Å². The summed E-state index contributed by atoms with van der Waals surface area (Å²) in [6.45, 7) is 2.12. The van der Waals surface area contributed by atoms with Crippen molar-refractivity contribution >= 4 is 29.1 Å². The average molecular weight is 498 g/mol. The van der Waals surface area contributed by atoms with Crippen LogP contribution in [0.3, 0.4) is 0 Å². The summed E-state index contributed by atoms with van der Waals surface area (Å²) < 4.78 is 5.76. The molecular formula is C31H28ClNO3. The van der Waals surface area contributed by atoms with E-state index in [9.17, 15) is 9.59 Å². The summed E-state index contributed by atoms with van der Waals surface area (Å²) in [5, 5.41) is 0.532. The molecule has 4 nitrogen and oxygen atoms in total. The number of rotatable bonds is 6. The normalized spacial score (nSPS) is 21.6. The molecule has 5 heteroatoms. The monoisotopic (exact) mass is 497 g/mol. The fraction of sp³-hybridized carbons (Fsp3) is 0.258. The molecule has 0 radical (unpaired) electrons. The van der Waals surface area contributed by atoms with E-state index >= 15 is 0 Å². The first kappa shape index (κ1) is 24.2. The Morgan fingerprint density at radius 1 is 0.944 bits per heavy atom. The molecule has 0 N–H and O–H groups in total. The quantitative estimate of drug-likeness (QED) is 0.356. The first-order valence-electron chi connectivity index (χ1n) is 12.3. The summed E-state index contributed by atoms with van der Waals surface area (Å²) in [5.41, 5.74) is 5.01. The van der Waals surface area contributed by atoms with Crippen molar-refractivity contribution in [2.24, 2.45) is 10.9 Å². The van der Waals surface area contributed by atoms with Gasteiger partial charge in [-0.1, -0.05) is 90.5 Å². The number of carbonyl (C=O) groups is 2. The number of ketones is 1. The summed E-state index contributed by atoms with van der Waals surface area (Å²) in [7, 11) is 0. The van der Waals surface area contributed by atoms with Crippen LogP contribution in [0.5, 0.6) is 0 Å². The van der Waals surface area contributed by atoms with Gasteiger partial charge in [-0.3, -0.25) is 14.6 Å². The zero-order chi connectivity index (χ0) is 25.1. The van der Waals surface area contributed by atoms with Gasteiger partial charge in [-0.15, -0.1) is 0 Å². The van der Waals surface area contributed by atoms with Gasteiger partial charge in [-0.25, -0.2) is 0 Å². The third kappa shape index (κ3) is 4.91. The second-order valence-corrected chi connectivity index (χ2v) is 9.84. The molecule has 0 saturated heterocycles. The van der Waals surface area contributed by atoms with E-state index < -0.39 is 11.8 Å². The van der Waals surface area contributed by atoms with Crippen molar-refractivity contribution in [1.82, 2.24) is 0 Å². The van der Waals surface area contributed by atoms with E-state index in [1.807, 2.05) is 73.7 Å². The maximum atomic E-state index is 13.7. The summed E-state index contributed by atoms with van der Waals surface area (Å²) in [6, 6.07) is 27.4. The van der Waals surface area contributed by atoms with Gasteiger partial charge in [0.2, 0.25) is 0 Å². The lowest BCUT2D eigenvalue weighted by Gasteiger charge is -2.36. The summed E-state index contributed by atoms with van der Waals surface area (Å²) in [4.78, 5) is 32.0. The number of esters is 1. The van der Waals surface area contributed by atoms with E-state index in [2.05, 4.69) is 12.1 Å². The lowest BCUT2D eigenvalue weighted by atomic mass is 9.69. The molecular weight excluding hydrogens is 470 g/mol. The third-order valence-corrected chi connectivity index (χ3v) is 7.48. The van der Waals surface area contributed by atoms with E-state index in [4.69, 9.17) is 21.3 Å². The van der Waals surface area contributed by atoms with Gasteiger partial charge in [0.25, 0.3) is 0 Å². The van der Waals surface area contributed by atoms with Crippen LogP contribution in [-0.2, 0) is 20.7 Å². The van der Waals surface area contributed by atoms with Gasteiger partial charge >= 0.3 is 5.97 Å². The molecule has 0 spiro atoms. The summed E-state index contributed by atoms with van der Waals surface area (Å²) in [6.07, 6.45) is 1.66. The Hall–Kier alpha value is -3.50. The Morgan fingerprint density at radius 2 is 1.61 bits per heavy atom. The highest BCUT2D eigenvalue weighted by atomic mass is 35.5. The number of hydrogen-bond donors (Lipinski definition) is 0. The van der Waals surface area contributed by atoms with Gasteiger partial charge in [0.15, 0.2) is 5.78 Å². The number of Topliss-reactive ketones (excluding diaryl/α,β-unsaturated/α-hetero) is 1. The van der Waals surface area contributed by atoms with Crippen LogP contribution in [0.2, 0.25) is 5.02 Å². The van der Waals surface area contributed by atoms with Gasteiger partial charge in [0.05, 0.1) is 6.61 Å². The number of benzene rings is 3. The molecule has 1 heterocycles. The molecule has 0 saturated carbocycles. The maximum absolute atomic E-state index is 13.7. The van der Waals surface area contributed by atoms with Crippen molar-refractivity contribution in [3.63, 3.8) is 0 Å². The molecule has 182 valence electrons. The van der Waals surface area contributed by atoms with Crippen molar-refractivity contribution in [2.45, 2.75) is 38.0 Å². The number of ether oxygens (including phenoxy) is 1. The van der Waals surface area contributed by atoms with Crippen LogP contribution in [0.1, 0.15) is 48.3 Å². The Kier molecular flexibility index (Phi) is 7.15. The topological polar surface area (TPSA) is 55.7 Å². The number of halogens is 1. The van der Waals surface area contributed by atoms with Crippen LogP contribution >= 0.6 is 11.6 Å². The molecule has 0 amide bonds. The average Bonchev–Trinajstić information content (AvgIpc) is 2.89. The van der Waals surface area contributed by atoms with E-state index in [1.54, 1.807) is 6.07 Å². The van der Waals surface area contributed by atoms with Crippen LogP contribution in [0.15, 0.2) is 101 Å². The first-order chi connectivity index (χ1) is 17.5. The van der Waals surface area contributed by atoms with Crippen molar-refractivity contribution in [3.05, 3.63) is 118 Å². The molecule has 0 aromatic heterocycles. The van der Waals surface area contributed by atoms with Gasteiger partial charge in [0.1, 0.15) is 5.92 Å². The minimum atomic E-state index is -0.698. The van der Waals surface area contributed by atoms with Crippen molar-refractivity contribution in [1.29, 1.82) is 0 Å². The SMILES string of the molecule is CC1=NC2=C(C(=O)C[C@H](c3ccccc3)C2)[C@@H](c2ccccc2Cl)C1C(=O)OCCc1ccccc1. The van der Waals surface area contributed by atoms with E-state index in [0.29, 0.717) is 35.6 Å². The molecule has 5 rings (SSSR count). The molecule has 2 aliphatic rings. The predicted octanol–water partition coefficient (Wildman–Crippen LogP) is 6.70. The number of hydrogen-bond acceptors (Lipinski definition) is 4. The lowest BCUT2D eigenvalue weighted by Crippen LogP contribution is -2.38. The minimum Gasteiger partial charge on any atom is -0.465 e. The molecule has 0 bridgehead atoms. The van der Waals surface area contributed by atoms with Crippen LogP contribution in [0, 0.1) is 5.92 Å².